The molecule has 0 unspecified atom stereocenters. The number of anilines is 1. The maximum atomic E-state index is 12.6. The lowest BCUT2D eigenvalue weighted by Gasteiger charge is -2.20. The van der Waals surface area contributed by atoms with Gasteiger partial charge < -0.3 is 14.4 Å². The van der Waals surface area contributed by atoms with Gasteiger partial charge in [-0.1, -0.05) is 0 Å². The first-order valence-corrected chi connectivity index (χ1v) is 8.54. The second kappa shape index (κ2) is 7.31. The van der Waals surface area contributed by atoms with E-state index in [9.17, 15) is 13.2 Å². The average Bonchev–Trinajstić information content (AvgIpc) is 3.34. The molecule has 1 saturated heterocycles. The third-order valence-corrected chi connectivity index (χ3v) is 4.41. The van der Waals surface area contributed by atoms with Crippen molar-refractivity contribution >= 4 is 11.3 Å². The van der Waals surface area contributed by atoms with Gasteiger partial charge in [0.2, 0.25) is 5.88 Å². The smallest absolute Gasteiger partial charge is 0.480 e. The van der Waals surface area contributed by atoms with Crippen molar-refractivity contribution in [2.75, 3.05) is 32.2 Å². The summed E-state index contributed by atoms with van der Waals surface area (Å²) in [5, 5.41) is 8.44. The van der Waals surface area contributed by atoms with Crippen LogP contribution in [-0.2, 0) is 4.74 Å². The van der Waals surface area contributed by atoms with Crippen molar-refractivity contribution < 1.29 is 27.4 Å². The van der Waals surface area contributed by atoms with Gasteiger partial charge in [-0.2, -0.15) is 4.98 Å². The van der Waals surface area contributed by atoms with Crippen LogP contribution in [0.5, 0.6) is 11.9 Å². The molecule has 1 fully saturated rings. The van der Waals surface area contributed by atoms with Gasteiger partial charge in [-0.25, -0.2) is 9.97 Å². The minimum Gasteiger partial charge on any atom is -0.480 e. The van der Waals surface area contributed by atoms with Crippen LogP contribution in [-0.4, -0.2) is 69.6 Å². The fourth-order valence-corrected chi connectivity index (χ4v) is 3.18. The predicted molar refractivity (Wildman–Crippen MR) is 92.7 cm³/mol. The lowest BCUT2D eigenvalue weighted by Crippen LogP contribution is -2.28. The van der Waals surface area contributed by atoms with Crippen LogP contribution in [0.2, 0.25) is 0 Å². The quantitative estimate of drug-likeness (QED) is 0.621. The molecular formula is C16H16F3N7O3. The molecule has 1 atom stereocenters. The second-order valence-corrected chi connectivity index (χ2v) is 6.19. The van der Waals surface area contributed by atoms with Crippen molar-refractivity contribution in [3.05, 3.63) is 18.6 Å². The lowest BCUT2D eigenvalue weighted by atomic mass is 10.2. The van der Waals surface area contributed by atoms with E-state index in [2.05, 4.69) is 29.9 Å². The molecule has 0 bridgehead atoms. The molecule has 0 radical (unpaired) electrons. The molecule has 3 aromatic heterocycles. The Labute approximate surface area is 162 Å². The summed E-state index contributed by atoms with van der Waals surface area (Å²) < 4.78 is 53.4. The van der Waals surface area contributed by atoms with E-state index in [1.807, 2.05) is 0 Å². The third-order valence-electron chi connectivity index (χ3n) is 4.41. The van der Waals surface area contributed by atoms with Crippen molar-refractivity contribution in [2.45, 2.75) is 18.9 Å². The minimum absolute atomic E-state index is 0.0573. The molecule has 0 N–H and O–H groups in total. The van der Waals surface area contributed by atoms with Gasteiger partial charge in [0.1, 0.15) is 12.0 Å². The van der Waals surface area contributed by atoms with E-state index in [0.717, 1.165) is 0 Å². The zero-order valence-corrected chi connectivity index (χ0v) is 15.4. The van der Waals surface area contributed by atoms with Crippen LogP contribution in [0, 0.1) is 0 Å². The molecule has 29 heavy (non-hydrogen) atoms. The molecule has 4 heterocycles. The molecule has 3 aromatic rings. The van der Waals surface area contributed by atoms with Gasteiger partial charge in [0, 0.05) is 19.3 Å². The van der Waals surface area contributed by atoms with Crippen LogP contribution in [0.3, 0.4) is 0 Å². The first-order valence-electron chi connectivity index (χ1n) is 8.54. The average molecular weight is 411 g/mol. The first-order chi connectivity index (χ1) is 13.9. The molecule has 0 saturated carbocycles. The van der Waals surface area contributed by atoms with Crippen LogP contribution < -0.4 is 14.4 Å². The summed E-state index contributed by atoms with van der Waals surface area (Å²) in [5.41, 5.74) is 1.86. The monoisotopic (exact) mass is 411 g/mol. The van der Waals surface area contributed by atoms with Crippen molar-refractivity contribution in [3.63, 3.8) is 0 Å². The number of nitrogens with zero attached hydrogens (tertiary/aromatic N) is 7. The highest BCUT2D eigenvalue weighted by Gasteiger charge is 2.37. The van der Waals surface area contributed by atoms with Crippen LogP contribution in [0.4, 0.5) is 18.9 Å². The standard InChI is InChI=1S/C16H16F3N7O3/c1-27-14-10(6-20-15(23-14)28-2)11-5-12(13-21-8-22-26(13)24-11)25-4-3-9(7-25)29-16(17,18)19/h5-6,8-9H,3-4,7H2,1-2H3/t9-/m1/s1. The number of hydrogen-bond acceptors (Lipinski definition) is 9. The topological polar surface area (TPSA) is 99.8 Å². The molecule has 4 rings (SSSR count). The zero-order chi connectivity index (χ0) is 20.6. The van der Waals surface area contributed by atoms with Gasteiger partial charge in [0.15, 0.2) is 5.65 Å². The Hall–Kier alpha value is -3.22. The molecule has 0 aliphatic carbocycles. The number of halogens is 3. The number of hydrogen-bond donors (Lipinski definition) is 0. The summed E-state index contributed by atoms with van der Waals surface area (Å²) in [4.78, 5) is 14.1. The summed E-state index contributed by atoms with van der Waals surface area (Å²) in [6, 6.07) is 1.81. The number of ether oxygens (including phenoxy) is 3. The summed E-state index contributed by atoms with van der Waals surface area (Å²) in [6.45, 7) is 0.421. The van der Waals surface area contributed by atoms with E-state index < -0.39 is 12.5 Å². The minimum atomic E-state index is -4.68. The normalized spacial score (nSPS) is 17.1. The fourth-order valence-electron chi connectivity index (χ4n) is 3.18. The van der Waals surface area contributed by atoms with Gasteiger partial charge in [-0.15, -0.1) is 28.0 Å². The number of fused-ring (bicyclic) bond motifs is 1. The van der Waals surface area contributed by atoms with E-state index in [0.29, 0.717) is 29.1 Å². The first kappa shape index (κ1) is 19.1. The highest BCUT2D eigenvalue weighted by atomic mass is 19.4. The Kier molecular flexibility index (Phi) is 4.82. The number of alkyl halides is 3. The molecule has 1 aliphatic rings. The number of rotatable bonds is 5. The van der Waals surface area contributed by atoms with E-state index in [1.54, 1.807) is 11.0 Å². The largest absolute Gasteiger partial charge is 0.522 e. The summed E-state index contributed by atoms with van der Waals surface area (Å²) in [7, 11) is 2.87. The molecular weight excluding hydrogens is 395 g/mol. The fraction of sp³-hybridized carbons (Fsp3) is 0.438. The van der Waals surface area contributed by atoms with Gasteiger partial charge in [-0.05, 0) is 12.5 Å². The summed E-state index contributed by atoms with van der Waals surface area (Å²) in [6.07, 6.45) is -2.61. The Bertz CT molecular complexity index is 1030. The van der Waals surface area contributed by atoms with Crippen molar-refractivity contribution in [1.82, 2.24) is 29.8 Å². The Morgan fingerprint density at radius 2 is 2.00 bits per heavy atom. The molecule has 10 nitrogen and oxygen atoms in total. The van der Waals surface area contributed by atoms with Gasteiger partial charge in [0.05, 0.1) is 31.6 Å². The predicted octanol–water partition coefficient (Wildman–Crippen LogP) is 1.71. The number of aromatic nitrogens is 6. The molecule has 1 aliphatic heterocycles. The molecule has 154 valence electrons. The van der Waals surface area contributed by atoms with Crippen LogP contribution >= 0.6 is 0 Å². The molecule has 0 amide bonds. The van der Waals surface area contributed by atoms with E-state index in [-0.39, 0.29) is 24.9 Å². The highest BCUT2D eigenvalue weighted by molar-refractivity contribution is 5.76. The van der Waals surface area contributed by atoms with Crippen LogP contribution in [0.15, 0.2) is 18.6 Å². The van der Waals surface area contributed by atoms with Crippen molar-refractivity contribution in [1.29, 1.82) is 0 Å². The molecule has 0 spiro atoms. The van der Waals surface area contributed by atoms with Crippen molar-refractivity contribution in [2.24, 2.45) is 0 Å². The Morgan fingerprint density at radius 1 is 1.17 bits per heavy atom. The van der Waals surface area contributed by atoms with E-state index in [1.165, 1.54) is 31.4 Å². The summed E-state index contributed by atoms with van der Waals surface area (Å²) in [5.74, 6) is 0.231. The van der Waals surface area contributed by atoms with E-state index >= 15 is 0 Å². The van der Waals surface area contributed by atoms with Gasteiger partial charge in [-0.3, -0.25) is 4.74 Å². The van der Waals surface area contributed by atoms with E-state index in [4.69, 9.17) is 9.47 Å². The zero-order valence-electron chi connectivity index (χ0n) is 15.4. The Morgan fingerprint density at radius 3 is 2.72 bits per heavy atom. The highest BCUT2D eigenvalue weighted by Crippen LogP contribution is 2.33. The van der Waals surface area contributed by atoms with Crippen molar-refractivity contribution in [3.8, 4) is 23.1 Å². The van der Waals surface area contributed by atoms with Gasteiger partial charge >= 0.3 is 12.4 Å². The maximum absolute atomic E-state index is 12.6. The van der Waals surface area contributed by atoms with Gasteiger partial charge in [0.25, 0.3) is 0 Å². The maximum Gasteiger partial charge on any atom is 0.522 e. The number of methoxy groups -OCH3 is 2. The molecule has 0 aromatic carbocycles. The Balaban J connectivity index is 1.73. The summed E-state index contributed by atoms with van der Waals surface area (Å²) >= 11 is 0. The SMILES string of the molecule is COc1ncc(-c2cc(N3CC[C@@H](OC(F)(F)F)C3)c3ncnn3n2)c(OC)n1. The lowest BCUT2D eigenvalue weighted by molar-refractivity contribution is -0.339. The third kappa shape index (κ3) is 3.85. The second-order valence-electron chi connectivity index (χ2n) is 6.19. The van der Waals surface area contributed by atoms with Crippen LogP contribution in [0.25, 0.3) is 16.9 Å². The molecule has 13 heteroatoms. The van der Waals surface area contributed by atoms with Crippen LogP contribution in [0.1, 0.15) is 6.42 Å².